The highest BCUT2D eigenvalue weighted by molar-refractivity contribution is 5.92. The molecule has 0 spiro atoms. The summed E-state index contributed by atoms with van der Waals surface area (Å²) < 4.78 is 0. The Labute approximate surface area is 56.7 Å². The molecule has 0 saturated carbocycles. The predicted molar refractivity (Wildman–Crippen MR) is 41.6 cm³/mol. The van der Waals surface area contributed by atoms with E-state index in [1.54, 1.807) is 0 Å². The first-order valence-electron chi connectivity index (χ1n) is 3.33. The smallest absolute Gasteiger partial charge is 0.0569 e. The van der Waals surface area contributed by atoms with Crippen molar-refractivity contribution >= 4 is 5.71 Å². The second kappa shape index (κ2) is 5.35. The molecule has 0 amide bonds. The van der Waals surface area contributed by atoms with Gasteiger partial charge in [-0.25, -0.2) is 0 Å². The first kappa shape index (κ1) is 8.21. The SMILES string of the molecule is CC.CC1=NNCC=C1. The lowest BCUT2D eigenvalue weighted by Crippen LogP contribution is -2.11. The van der Waals surface area contributed by atoms with E-state index in [1.807, 2.05) is 32.9 Å². The van der Waals surface area contributed by atoms with Gasteiger partial charge in [0.25, 0.3) is 0 Å². The fraction of sp³-hybridized carbons (Fsp3) is 0.571. The van der Waals surface area contributed by atoms with E-state index in [0.717, 1.165) is 12.3 Å². The summed E-state index contributed by atoms with van der Waals surface area (Å²) in [5, 5.41) is 3.91. The van der Waals surface area contributed by atoms with Crippen molar-refractivity contribution in [3.8, 4) is 0 Å². The molecule has 0 aromatic heterocycles. The molecule has 0 aliphatic carbocycles. The third kappa shape index (κ3) is 3.76. The minimum absolute atomic E-state index is 0.872. The summed E-state index contributed by atoms with van der Waals surface area (Å²) in [7, 11) is 0. The van der Waals surface area contributed by atoms with Crippen LogP contribution in [0.3, 0.4) is 0 Å². The highest BCUT2D eigenvalue weighted by Gasteiger charge is 1.85. The highest BCUT2D eigenvalue weighted by Crippen LogP contribution is 1.83. The van der Waals surface area contributed by atoms with Crippen LogP contribution in [0.5, 0.6) is 0 Å². The van der Waals surface area contributed by atoms with Gasteiger partial charge in [0, 0.05) is 0 Å². The number of nitrogens with zero attached hydrogens (tertiary/aromatic N) is 1. The number of hydrogen-bond acceptors (Lipinski definition) is 2. The van der Waals surface area contributed by atoms with Crippen LogP contribution in [0.25, 0.3) is 0 Å². The van der Waals surface area contributed by atoms with Crippen LogP contribution < -0.4 is 5.43 Å². The fourth-order valence-electron chi connectivity index (χ4n) is 0.490. The van der Waals surface area contributed by atoms with Crippen LogP contribution in [0.4, 0.5) is 0 Å². The van der Waals surface area contributed by atoms with E-state index in [1.165, 1.54) is 0 Å². The maximum absolute atomic E-state index is 3.91. The standard InChI is InChI=1S/C5H8N2.C2H6/c1-5-3-2-4-6-7-5;1-2/h2-3,6H,4H2,1H3;1-2H3. The van der Waals surface area contributed by atoms with Crippen molar-refractivity contribution in [1.29, 1.82) is 0 Å². The Hall–Kier alpha value is -0.790. The van der Waals surface area contributed by atoms with Gasteiger partial charge in [0.1, 0.15) is 0 Å². The molecule has 0 unspecified atom stereocenters. The van der Waals surface area contributed by atoms with Crippen molar-refractivity contribution in [2.75, 3.05) is 6.54 Å². The van der Waals surface area contributed by atoms with E-state index < -0.39 is 0 Å². The zero-order valence-electron chi connectivity index (χ0n) is 6.31. The molecule has 9 heavy (non-hydrogen) atoms. The zero-order chi connectivity index (χ0) is 7.11. The summed E-state index contributed by atoms with van der Waals surface area (Å²) in [6.07, 6.45) is 4.04. The molecule has 2 nitrogen and oxygen atoms in total. The van der Waals surface area contributed by atoms with Crippen molar-refractivity contribution in [3.63, 3.8) is 0 Å². The molecule has 0 bridgehead atoms. The molecule has 1 N–H and O–H groups in total. The molecular formula is C7H14N2. The topological polar surface area (TPSA) is 24.4 Å². The lowest BCUT2D eigenvalue weighted by Gasteiger charge is -1.99. The number of rotatable bonds is 0. The summed E-state index contributed by atoms with van der Waals surface area (Å²) >= 11 is 0. The molecule has 1 heterocycles. The number of allylic oxidation sites excluding steroid dienone is 1. The van der Waals surface area contributed by atoms with Crippen LogP contribution in [-0.4, -0.2) is 12.3 Å². The van der Waals surface area contributed by atoms with Gasteiger partial charge in [0.2, 0.25) is 0 Å². The monoisotopic (exact) mass is 126 g/mol. The van der Waals surface area contributed by atoms with Crippen molar-refractivity contribution in [3.05, 3.63) is 12.2 Å². The summed E-state index contributed by atoms with van der Waals surface area (Å²) in [4.78, 5) is 0. The molecule has 0 radical (unpaired) electrons. The van der Waals surface area contributed by atoms with Crippen molar-refractivity contribution in [2.24, 2.45) is 5.10 Å². The molecule has 0 aromatic rings. The minimum Gasteiger partial charge on any atom is -0.306 e. The molecule has 0 atom stereocenters. The zero-order valence-corrected chi connectivity index (χ0v) is 6.31. The van der Waals surface area contributed by atoms with E-state index in [0.29, 0.717) is 0 Å². The van der Waals surface area contributed by atoms with Gasteiger partial charge in [0.05, 0.1) is 12.3 Å². The van der Waals surface area contributed by atoms with Gasteiger partial charge in [-0.2, -0.15) is 5.10 Å². The average molecular weight is 126 g/mol. The first-order chi connectivity index (χ1) is 4.39. The van der Waals surface area contributed by atoms with Crippen molar-refractivity contribution in [1.82, 2.24) is 5.43 Å². The fourth-order valence-corrected chi connectivity index (χ4v) is 0.490. The van der Waals surface area contributed by atoms with Crippen molar-refractivity contribution < 1.29 is 0 Å². The minimum atomic E-state index is 0.872. The van der Waals surface area contributed by atoms with Crippen molar-refractivity contribution in [2.45, 2.75) is 20.8 Å². The van der Waals surface area contributed by atoms with E-state index >= 15 is 0 Å². The Morgan fingerprint density at radius 1 is 1.56 bits per heavy atom. The van der Waals surface area contributed by atoms with E-state index in [2.05, 4.69) is 10.5 Å². The summed E-state index contributed by atoms with van der Waals surface area (Å²) in [5.41, 5.74) is 3.88. The van der Waals surface area contributed by atoms with Gasteiger partial charge in [-0.3, -0.25) is 0 Å². The normalized spacial score (nSPS) is 14.8. The van der Waals surface area contributed by atoms with Gasteiger partial charge in [-0.1, -0.05) is 19.9 Å². The van der Waals surface area contributed by atoms with Crippen LogP contribution in [0, 0.1) is 0 Å². The maximum atomic E-state index is 3.91. The third-order valence-corrected chi connectivity index (χ3v) is 0.824. The molecule has 1 aliphatic heterocycles. The van der Waals surface area contributed by atoms with Gasteiger partial charge in [0.15, 0.2) is 0 Å². The Morgan fingerprint density at radius 3 is 2.44 bits per heavy atom. The lowest BCUT2D eigenvalue weighted by molar-refractivity contribution is 0.816. The molecule has 1 aliphatic rings. The predicted octanol–water partition coefficient (Wildman–Crippen LogP) is 1.55. The Kier molecular flexibility index (Phi) is 4.88. The third-order valence-electron chi connectivity index (χ3n) is 0.824. The number of hydrazone groups is 1. The second-order valence-corrected chi connectivity index (χ2v) is 1.52. The van der Waals surface area contributed by atoms with E-state index in [9.17, 15) is 0 Å². The van der Waals surface area contributed by atoms with Gasteiger partial charge in [-0.05, 0) is 13.0 Å². The van der Waals surface area contributed by atoms with Crippen LogP contribution >= 0.6 is 0 Å². The molecule has 0 saturated heterocycles. The van der Waals surface area contributed by atoms with Gasteiger partial charge in [-0.15, -0.1) is 0 Å². The van der Waals surface area contributed by atoms with Crippen LogP contribution in [0.1, 0.15) is 20.8 Å². The average Bonchev–Trinajstić information content (AvgIpc) is 1.94. The summed E-state index contributed by atoms with van der Waals surface area (Å²) in [6.45, 7) is 6.83. The molecule has 1 rings (SSSR count). The van der Waals surface area contributed by atoms with Gasteiger partial charge >= 0.3 is 0 Å². The highest BCUT2D eigenvalue weighted by atomic mass is 15.3. The van der Waals surface area contributed by atoms with Crippen LogP contribution in [-0.2, 0) is 0 Å². The molecule has 0 fully saturated rings. The molecule has 0 aromatic carbocycles. The molecule has 52 valence electrons. The quantitative estimate of drug-likeness (QED) is 0.523. The van der Waals surface area contributed by atoms with Crippen LogP contribution in [0.2, 0.25) is 0 Å². The van der Waals surface area contributed by atoms with Crippen LogP contribution in [0.15, 0.2) is 17.3 Å². The number of nitrogens with one attached hydrogen (secondary N) is 1. The largest absolute Gasteiger partial charge is 0.306 e. The maximum Gasteiger partial charge on any atom is 0.0569 e. The Morgan fingerprint density at radius 2 is 2.22 bits per heavy atom. The summed E-state index contributed by atoms with van der Waals surface area (Å²) in [5.74, 6) is 0. The molecule has 2 heteroatoms. The second-order valence-electron chi connectivity index (χ2n) is 1.52. The van der Waals surface area contributed by atoms with E-state index in [4.69, 9.17) is 0 Å². The Bertz CT molecular complexity index is 114. The Balaban J connectivity index is 0.000000291. The van der Waals surface area contributed by atoms with E-state index in [-0.39, 0.29) is 0 Å². The van der Waals surface area contributed by atoms with Gasteiger partial charge < -0.3 is 5.43 Å². The first-order valence-corrected chi connectivity index (χ1v) is 3.33. The number of hydrogen-bond donors (Lipinski definition) is 1. The molecular weight excluding hydrogens is 112 g/mol. The summed E-state index contributed by atoms with van der Waals surface area (Å²) in [6, 6.07) is 0. The lowest BCUT2D eigenvalue weighted by atomic mass is 10.3.